The van der Waals surface area contributed by atoms with E-state index < -0.39 is 14.6 Å². The summed E-state index contributed by atoms with van der Waals surface area (Å²) >= 11 is 1.64. The molecule has 0 saturated carbocycles. The highest BCUT2D eigenvalue weighted by Gasteiger charge is 2.39. The van der Waals surface area contributed by atoms with E-state index in [4.69, 9.17) is 0 Å². The van der Waals surface area contributed by atoms with E-state index in [1.807, 2.05) is 18.4 Å². The van der Waals surface area contributed by atoms with Crippen LogP contribution in [0, 0.1) is 6.92 Å². The van der Waals surface area contributed by atoms with Crippen LogP contribution in [0.1, 0.15) is 30.3 Å². The summed E-state index contributed by atoms with van der Waals surface area (Å²) in [5, 5.41) is 5.11. The lowest BCUT2D eigenvalue weighted by Gasteiger charge is -2.32. The van der Waals surface area contributed by atoms with Crippen LogP contribution in [0.4, 0.5) is 0 Å². The van der Waals surface area contributed by atoms with Crippen molar-refractivity contribution in [2.45, 2.75) is 31.6 Å². The van der Waals surface area contributed by atoms with E-state index in [0.717, 1.165) is 10.4 Å². The Morgan fingerprint density at radius 2 is 2.00 bits per heavy atom. The van der Waals surface area contributed by atoms with Gasteiger partial charge in [0.2, 0.25) is 0 Å². The van der Waals surface area contributed by atoms with Gasteiger partial charge in [-0.3, -0.25) is 0 Å². The maximum Gasteiger partial charge on any atom is 0.154 e. The number of hydrogen-bond acceptors (Lipinski definition) is 4. The SMILES string of the molecule is CNC(c1ccsc1C)C(C)(C)S(C)(=O)=O. The smallest absolute Gasteiger partial charge is 0.154 e. The Labute approximate surface area is 102 Å². The van der Waals surface area contributed by atoms with Gasteiger partial charge < -0.3 is 5.32 Å². The Morgan fingerprint density at radius 3 is 2.31 bits per heavy atom. The van der Waals surface area contributed by atoms with E-state index in [0.29, 0.717) is 0 Å². The third kappa shape index (κ3) is 2.31. The van der Waals surface area contributed by atoms with Gasteiger partial charge in [-0.25, -0.2) is 8.42 Å². The van der Waals surface area contributed by atoms with E-state index in [-0.39, 0.29) is 6.04 Å². The Morgan fingerprint density at radius 1 is 1.44 bits per heavy atom. The van der Waals surface area contributed by atoms with E-state index in [1.165, 1.54) is 6.26 Å². The molecule has 3 nitrogen and oxygen atoms in total. The van der Waals surface area contributed by atoms with Gasteiger partial charge in [0.1, 0.15) is 0 Å². The van der Waals surface area contributed by atoms with Crippen LogP contribution in [0.3, 0.4) is 0 Å². The van der Waals surface area contributed by atoms with Gasteiger partial charge in [0.25, 0.3) is 0 Å². The van der Waals surface area contributed by atoms with Crippen LogP contribution in [0.25, 0.3) is 0 Å². The highest BCUT2D eigenvalue weighted by molar-refractivity contribution is 7.92. The van der Waals surface area contributed by atoms with Crippen molar-refractivity contribution in [3.05, 3.63) is 21.9 Å². The fourth-order valence-electron chi connectivity index (χ4n) is 1.79. The molecule has 0 bridgehead atoms. The first-order chi connectivity index (χ1) is 7.21. The molecule has 0 aromatic carbocycles. The van der Waals surface area contributed by atoms with Crippen molar-refractivity contribution in [2.24, 2.45) is 0 Å². The molecule has 0 fully saturated rings. The number of sulfone groups is 1. The molecule has 0 saturated heterocycles. The number of nitrogens with one attached hydrogen (secondary N) is 1. The molecular weight excluding hydrogens is 242 g/mol. The molecule has 1 aromatic heterocycles. The monoisotopic (exact) mass is 261 g/mol. The largest absolute Gasteiger partial charge is 0.312 e. The number of thiophene rings is 1. The van der Waals surface area contributed by atoms with Crippen LogP contribution in [0.2, 0.25) is 0 Å². The molecule has 0 radical (unpaired) electrons. The third-order valence-electron chi connectivity index (χ3n) is 3.15. The van der Waals surface area contributed by atoms with Crippen molar-refractivity contribution in [3.63, 3.8) is 0 Å². The van der Waals surface area contributed by atoms with Gasteiger partial charge in [0.15, 0.2) is 9.84 Å². The van der Waals surface area contributed by atoms with Crippen molar-refractivity contribution in [1.29, 1.82) is 0 Å². The van der Waals surface area contributed by atoms with Gasteiger partial charge in [-0.2, -0.15) is 0 Å². The van der Waals surface area contributed by atoms with Gasteiger partial charge in [-0.1, -0.05) is 0 Å². The van der Waals surface area contributed by atoms with E-state index in [1.54, 1.807) is 32.2 Å². The molecule has 92 valence electrons. The summed E-state index contributed by atoms with van der Waals surface area (Å²) in [7, 11) is -1.31. The maximum absolute atomic E-state index is 11.8. The normalized spacial score (nSPS) is 15.1. The lowest BCUT2D eigenvalue weighted by molar-refractivity contribution is 0.446. The van der Waals surface area contributed by atoms with Gasteiger partial charge in [0.05, 0.1) is 10.8 Å². The summed E-state index contributed by atoms with van der Waals surface area (Å²) in [6.45, 7) is 5.55. The zero-order valence-corrected chi connectivity index (χ0v) is 12.0. The van der Waals surface area contributed by atoms with Gasteiger partial charge in [-0.15, -0.1) is 11.3 Å². The molecule has 1 aromatic rings. The molecule has 0 aliphatic heterocycles. The Kier molecular flexibility index (Phi) is 3.82. The van der Waals surface area contributed by atoms with E-state index in [2.05, 4.69) is 5.32 Å². The van der Waals surface area contributed by atoms with E-state index in [9.17, 15) is 8.42 Å². The van der Waals surface area contributed by atoms with Crippen LogP contribution < -0.4 is 5.32 Å². The minimum Gasteiger partial charge on any atom is -0.312 e. The van der Waals surface area contributed by atoms with Crippen molar-refractivity contribution in [3.8, 4) is 0 Å². The summed E-state index contributed by atoms with van der Waals surface area (Å²) in [6, 6.07) is 1.82. The molecule has 0 aliphatic carbocycles. The molecule has 1 unspecified atom stereocenters. The van der Waals surface area contributed by atoms with E-state index >= 15 is 0 Å². The van der Waals surface area contributed by atoms with Crippen LogP contribution in [-0.2, 0) is 9.84 Å². The van der Waals surface area contributed by atoms with Crippen molar-refractivity contribution >= 4 is 21.2 Å². The zero-order chi connectivity index (χ0) is 12.6. The lowest BCUT2D eigenvalue weighted by Crippen LogP contribution is -2.43. The van der Waals surface area contributed by atoms with Crippen LogP contribution >= 0.6 is 11.3 Å². The fourth-order valence-corrected chi connectivity index (χ4v) is 3.20. The molecule has 0 spiro atoms. The quantitative estimate of drug-likeness (QED) is 0.903. The van der Waals surface area contributed by atoms with Gasteiger partial charge in [0, 0.05) is 11.1 Å². The first kappa shape index (κ1) is 13.7. The predicted octanol–water partition coefficient (Wildman–Crippen LogP) is 2.14. The number of aryl methyl sites for hydroxylation is 1. The van der Waals surface area contributed by atoms with Crippen LogP contribution in [-0.4, -0.2) is 26.5 Å². The number of hydrogen-bond donors (Lipinski definition) is 1. The molecule has 0 amide bonds. The predicted molar refractivity (Wildman–Crippen MR) is 69.8 cm³/mol. The Hall–Kier alpha value is -0.390. The first-order valence-corrected chi connectivity index (χ1v) is 7.89. The Bertz CT molecular complexity index is 460. The summed E-state index contributed by atoms with van der Waals surface area (Å²) in [4.78, 5) is 1.16. The maximum atomic E-state index is 11.8. The van der Waals surface area contributed by atoms with Gasteiger partial charge in [-0.05, 0) is 44.8 Å². The standard InChI is InChI=1S/C11H19NO2S2/c1-8-9(6-7-15-8)10(12-4)11(2,3)16(5,13)14/h6-7,10,12H,1-5H3. The van der Waals surface area contributed by atoms with Crippen LogP contribution in [0.15, 0.2) is 11.4 Å². The summed E-state index contributed by atoms with van der Waals surface area (Å²) in [5.74, 6) is 0. The molecule has 1 atom stereocenters. The molecule has 1 N–H and O–H groups in total. The summed E-state index contributed by atoms with van der Waals surface area (Å²) < 4.78 is 22.8. The minimum absolute atomic E-state index is 0.172. The topological polar surface area (TPSA) is 46.2 Å². The third-order valence-corrected chi connectivity index (χ3v) is 6.16. The molecule has 5 heteroatoms. The fraction of sp³-hybridized carbons (Fsp3) is 0.636. The van der Waals surface area contributed by atoms with Crippen LogP contribution in [0.5, 0.6) is 0 Å². The molecule has 16 heavy (non-hydrogen) atoms. The molecule has 1 rings (SSSR count). The number of rotatable bonds is 4. The highest BCUT2D eigenvalue weighted by atomic mass is 32.2. The second kappa shape index (κ2) is 4.47. The molecule has 0 aliphatic rings. The lowest BCUT2D eigenvalue weighted by atomic mass is 9.96. The van der Waals surface area contributed by atoms with Crippen molar-refractivity contribution < 1.29 is 8.42 Å². The van der Waals surface area contributed by atoms with Crippen molar-refractivity contribution in [2.75, 3.05) is 13.3 Å². The summed E-state index contributed by atoms with van der Waals surface area (Å²) in [5.41, 5.74) is 1.07. The zero-order valence-electron chi connectivity index (χ0n) is 10.4. The second-order valence-corrected chi connectivity index (χ2v) is 8.25. The van der Waals surface area contributed by atoms with Crippen molar-refractivity contribution in [1.82, 2.24) is 5.32 Å². The minimum atomic E-state index is -3.11. The highest BCUT2D eigenvalue weighted by Crippen LogP contribution is 2.35. The molecule has 1 heterocycles. The average molecular weight is 261 g/mol. The summed E-state index contributed by atoms with van der Waals surface area (Å²) in [6.07, 6.45) is 1.29. The molecular formula is C11H19NO2S2. The average Bonchev–Trinajstić information content (AvgIpc) is 2.51. The Balaban J connectivity index is 3.24. The first-order valence-electron chi connectivity index (χ1n) is 5.12. The second-order valence-electron chi connectivity index (χ2n) is 4.53. The van der Waals surface area contributed by atoms with Gasteiger partial charge >= 0.3 is 0 Å².